The summed E-state index contributed by atoms with van der Waals surface area (Å²) >= 11 is 0. The maximum Gasteiger partial charge on any atom is 0.221 e. The first-order chi connectivity index (χ1) is 17.6. The van der Waals surface area contributed by atoms with E-state index in [1.807, 2.05) is 14.1 Å². The quantitative estimate of drug-likeness (QED) is 0.510. The molecule has 6 aliphatic rings. The van der Waals surface area contributed by atoms with Gasteiger partial charge in [0.2, 0.25) is 5.91 Å². The highest BCUT2D eigenvalue weighted by molar-refractivity contribution is 5.76. The van der Waals surface area contributed by atoms with Gasteiger partial charge in [0, 0.05) is 31.3 Å². The number of rotatable bonds is 4. The Balaban J connectivity index is 1.13. The Hall–Kier alpha value is -0.650. The summed E-state index contributed by atoms with van der Waals surface area (Å²) in [6, 6.07) is 0.382. The van der Waals surface area contributed by atoms with Crippen LogP contribution in [0.2, 0.25) is 0 Å². The van der Waals surface area contributed by atoms with Crippen LogP contribution in [0.4, 0.5) is 0 Å². The minimum Gasteiger partial charge on any atom is -0.353 e. The third kappa shape index (κ3) is 4.24. The lowest BCUT2D eigenvalue weighted by atomic mass is 9.44. The molecule has 0 aromatic heterocycles. The van der Waals surface area contributed by atoms with Crippen LogP contribution in [0.15, 0.2) is 0 Å². The topological polar surface area (TPSA) is 50.8 Å². The van der Waals surface area contributed by atoms with Crippen molar-refractivity contribution in [1.82, 2.24) is 10.2 Å². The highest BCUT2D eigenvalue weighted by Crippen LogP contribution is 2.71. The smallest absolute Gasteiger partial charge is 0.221 e. The highest BCUT2D eigenvalue weighted by atomic mass is 16.7. The van der Waals surface area contributed by atoms with Crippen LogP contribution in [0, 0.1) is 52.3 Å². The van der Waals surface area contributed by atoms with Crippen molar-refractivity contribution in [1.29, 1.82) is 0 Å². The molecule has 5 heteroatoms. The van der Waals surface area contributed by atoms with Crippen LogP contribution in [0.1, 0.15) is 98.3 Å². The maximum absolute atomic E-state index is 12.5. The van der Waals surface area contributed by atoms with Crippen molar-refractivity contribution >= 4 is 5.91 Å². The van der Waals surface area contributed by atoms with Gasteiger partial charge in [-0.25, -0.2) is 0 Å². The van der Waals surface area contributed by atoms with Gasteiger partial charge in [0.1, 0.15) is 0 Å². The molecule has 37 heavy (non-hydrogen) atoms. The largest absolute Gasteiger partial charge is 0.353 e. The predicted octanol–water partition coefficient (Wildman–Crippen LogP) is 5.87. The lowest BCUT2D eigenvalue weighted by molar-refractivity contribution is -0.273. The van der Waals surface area contributed by atoms with Gasteiger partial charge < -0.3 is 19.7 Å². The zero-order valence-electron chi connectivity index (χ0n) is 24.6. The van der Waals surface area contributed by atoms with E-state index >= 15 is 0 Å². The van der Waals surface area contributed by atoms with E-state index in [0.717, 1.165) is 49.7 Å². The molecule has 1 spiro atoms. The molecule has 1 amide bonds. The van der Waals surface area contributed by atoms with Gasteiger partial charge in [0.25, 0.3) is 0 Å². The van der Waals surface area contributed by atoms with Gasteiger partial charge in [-0.05, 0) is 118 Å². The van der Waals surface area contributed by atoms with E-state index in [9.17, 15) is 4.79 Å². The fourth-order valence-corrected chi connectivity index (χ4v) is 11.0. The average molecular weight is 515 g/mol. The summed E-state index contributed by atoms with van der Waals surface area (Å²) in [5.74, 6) is 5.06. The molecule has 2 aliphatic heterocycles. The highest BCUT2D eigenvalue weighted by Gasteiger charge is 2.69. The van der Waals surface area contributed by atoms with Crippen molar-refractivity contribution in [2.24, 2.45) is 52.3 Å². The number of carbonyl (C=O) groups excluding carboxylic acids is 1. The molecular weight excluding hydrogens is 460 g/mol. The molecule has 2 heterocycles. The Labute approximate surface area is 226 Å². The molecule has 4 saturated carbocycles. The number of hydrogen-bond donors (Lipinski definition) is 1. The SMILES string of the molecule is C[C@@H]1CC[C@@]2(OC1)O[C@H]1C[C@H]3[C@@H]4CC[C@H]5CC(NC(=O)CCN(C)C)CC[C@]5(C)[C@H]4CC[C@]3(C)[C@H]1[C@@H]2C. The molecule has 12 atom stereocenters. The van der Waals surface area contributed by atoms with E-state index in [1.54, 1.807) is 0 Å². The minimum absolute atomic E-state index is 0.241. The summed E-state index contributed by atoms with van der Waals surface area (Å²) in [6.07, 6.45) is 13.7. The molecular formula is C32H54N2O3. The van der Waals surface area contributed by atoms with Gasteiger partial charge in [-0.1, -0.05) is 27.7 Å². The third-order valence-electron chi connectivity index (χ3n) is 13.1. The lowest BCUT2D eigenvalue weighted by Gasteiger charge is -2.61. The second-order valence-corrected chi connectivity index (χ2v) is 15.3. The van der Waals surface area contributed by atoms with Gasteiger partial charge in [-0.15, -0.1) is 0 Å². The zero-order chi connectivity index (χ0) is 26.2. The fraction of sp³-hybridized carbons (Fsp3) is 0.969. The van der Waals surface area contributed by atoms with E-state index in [2.05, 4.69) is 37.9 Å². The van der Waals surface area contributed by atoms with Gasteiger partial charge in [0.05, 0.1) is 12.7 Å². The number of hydrogen-bond acceptors (Lipinski definition) is 4. The van der Waals surface area contributed by atoms with E-state index < -0.39 is 0 Å². The van der Waals surface area contributed by atoms with Gasteiger partial charge in [-0.3, -0.25) is 4.79 Å². The molecule has 4 aliphatic carbocycles. The molecule has 0 bridgehead atoms. The zero-order valence-corrected chi connectivity index (χ0v) is 24.6. The predicted molar refractivity (Wildman–Crippen MR) is 147 cm³/mol. The number of carbonyl (C=O) groups is 1. The van der Waals surface area contributed by atoms with E-state index in [0.29, 0.717) is 47.2 Å². The molecule has 1 unspecified atom stereocenters. The standard InChI is InChI=1S/C32H54N2O3/c1-20-9-15-32(36-19-20)21(2)29-27(37-32)18-26-24-8-7-22-17-23(33-28(35)12-16-34(5)6)10-13-30(22,3)25(24)11-14-31(26,29)4/h20-27,29H,7-19H2,1-6H3,(H,33,35)/t20-,21+,22+,23?,24-,25+,26+,27+,29+,30+,31+,32-/m1/s1. The van der Waals surface area contributed by atoms with Crippen molar-refractivity contribution < 1.29 is 14.3 Å². The number of fused-ring (bicyclic) bond motifs is 7. The normalized spacial score (nSPS) is 52.9. The van der Waals surface area contributed by atoms with E-state index in [4.69, 9.17) is 9.47 Å². The minimum atomic E-state index is -0.300. The number of amides is 1. The van der Waals surface area contributed by atoms with Gasteiger partial charge in [-0.2, -0.15) is 0 Å². The summed E-state index contributed by atoms with van der Waals surface area (Å²) < 4.78 is 13.5. The Bertz CT molecular complexity index is 868. The van der Waals surface area contributed by atoms with E-state index in [-0.39, 0.29) is 11.7 Å². The summed E-state index contributed by atoms with van der Waals surface area (Å²) in [5, 5.41) is 3.41. The van der Waals surface area contributed by atoms with Crippen molar-refractivity contribution in [2.75, 3.05) is 27.2 Å². The van der Waals surface area contributed by atoms with Crippen LogP contribution >= 0.6 is 0 Å². The molecule has 1 N–H and O–H groups in total. The molecule has 5 nitrogen and oxygen atoms in total. The average Bonchev–Trinajstić information content (AvgIpc) is 3.30. The lowest BCUT2D eigenvalue weighted by Crippen LogP contribution is -2.56. The second-order valence-electron chi connectivity index (χ2n) is 15.3. The fourth-order valence-electron chi connectivity index (χ4n) is 11.0. The van der Waals surface area contributed by atoms with Crippen molar-refractivity contribution in [3.63, 3.8) is 0 Å². The molecule has 0 aromatic rings. The monoisotopic (exact) mass is 514 g/mol. The van der Waals surface area contributed by atoms with Crippen LogP contribution in [-0.2, 0) is 14.3 Å². The van der Waals surface area contributed by atoms with Crippen molar-refractivity contribution in [2.45, 2.75) is 116 Å². The van der Waals surface area contributed by atoms with Crippen LogP contribution in [-0.4, -0.2) is 56.0 Å². The van der Waals surface area contributed by atoms with Crippen LogP contribution < -0.4 is 5.32 Å². The van der Waals surface area contributed by atoms with Crippen molar-refractivity contribution in [3.8, 4) is 0 Å². The molecule has 6 fully saturated rings. The van der Waals surface area contributed by atoms with Gasteiger partial charge >= 0.3 is 0 Å². The Morgan fingerprint density at radius 3 is 2.46 bits per heavy atom. The Morgan fingerprint density at radius 2 is 1.73 bits per heavy atom. The number of ether oxygens (including phenoxy) is 2. The van der Waals surface area contributed by atoms with Gasteiger partial charge in [0.15, 0.2) is 5.79 Å². The molecule has 2 saturated heterocycles. The number of nitrogens with one attached hydrogen (secondary N) is 1. The van der Waals surface area contributed by atoms with Crippen molar-refractivity contribution in [3.05, 3.63) is 0 Å². The Kier molecular flexibility index (Phi) is 6.80. The maximum atomic E-state index is 12.5. The second kappa shape index (κ2) is 9.47. The molecule has 0 aromatic carbocycles. The third-order valence-corrected chi connectivity index (χ3v) is 13.1. The molecule has 0 radical (unpaired) electrons. The van der Waals surface area contributed by atoms with Crippen LogP contribution in [0.5, 0.6) is 0 Å². The first-order valence-electron chi connectivity index (χ1n) is 15.8. The Morgan fingerprint density at radius 1 is 0.946 bits per heavy atom. The summed E-state index contributed by atoms with van der Waals surface area (Å²) in [7, 11) is 4.08. The van der Waals surface area contributed by atoms with E-state index in [1.165, 1.54) is 51.4 Å². The van der Waals surface area contributed by atoms with Crippen LogP contribution in [0.3, 0.4) is 0 Å². The summed E-state index contributed by atoms with van der Waals surface area (Å²) in [6.45, 7) is 11.8. The first kappa shape index (κ1) is 26.6. The summed E-state index contributed by atoms with van der Waals surface area (Å²) in [4.78, 5) is 14.6. The molecule has 6 rings (SSSR count). The number of nitrogens with zero attached hydrogens (tertiary/aromatic N) is 1. The summed E-state index contributed by atoms with van der Waals surface area (Å²) in [5.41, 5.74) is 0.852. The molecule has 210 valence electrons. The van der Waals surface area contributed by atoms with Crippen LogP contribution in [0.25, 0.3) is 0 Å². The first-order valence-corrected chi connectivity index (χ1v) is 15.8.